The minimum Gasteiger partial charge on any atom is -0.370 e. The lowest BCUT2D eigenvalue weighted by Gasteiger charge is -2.19. The van der Waals surface area contributed by atoms with Crippen LogP contribution in [-0.4, -0.2) is 23.9 Å². The van der Waals surface area contributed by atoms with Crippen LogP contribution in [0, 0.1) is 5.82 Å². The molecule has 4 heteroatoms. The summed E-state index contributed by atoms with van der Waals surface area (Å²) >= 11 is 0. The lowest BCUT2D eigenvalue weighted by atomic mass is 10.2. The maximum atomic E-state index is 13.3. The molecule has 0 aliphatic carbocycles. The summed E-state index contributed by atoms with van der Waals surface area (Å²) < 4.78 is 13.3. The van der Waals surface area contributed by atoms with Crippen molar-refractivity contribution in [3.05, 3.63) is 35.6 Å². The zero-order chi connectivity index (χ0) is 12.0. The number of nitrogens with zero attached hydrogens (tertiary/aromatic N) is 2. The van der Waals surface area contributed by atoms with Crippen molar-refractivity contribution in [3.63, 3.8) is 0 Å². The van der Waals surface area contributed by atoms with E-state index in [9.17, 15) is 4.39 Å². The summed E-state index contributed by atoms with van der Waals surface area (Å²) in [5, 5.41) is 0. The van der Waals surface area contributed by atoms with Gasteiger partial charge in [0.1, 0.15) is 5.82 Å². The number of nitrogens with two attached hydrogens (primary N) is 1. The molecule has 0 aromatic heterocycles. The van der Waals surface area contributed by atoms with Gasteiger partial charge in [-0.1, -0.05) is 18.2 Å². The largest absolute Gasteiger partial charge is 0.370 e. The van der Waals surface area contributed by atoms with E-state index in [1.54, 1.807) is 18.2 Å². The van der Waals surface area contributed by atoms with Crippen molar-refractivity contribution < 1.29 is 4.39 Å². The highest BCUT2D eigenvalue weighted by molar-refractivity contribution is 5.77. The van der Waals surface area contributed by atoms with Crippen molar-refractivity contribution >= 4 is 5.96 Å². The number of hydrogen-bond donors (Lipinski definition) is 1. The molecule has 0 saturated heterocycles. The normalized spacial score (nSPS) is 11.6. The van der Waals surface area contributed by atoms with E-state index in [1.807, 2.05) is 18.7 Å². The summed E-state index contributed by atoms with van der Waals surface area (Å²) in [6, 6.07) is 6.60. The molecule has 0 bridgehead atoms. The molecule has 0 saturated carbocycles. The Labute approximate surface area is 95.8 Å². The summed E-state index contributed by atoms with van der Waals surface area (Å²) in [4.78, 5) is 6.11. The van der Waals surface area contributed by atoms with Crippen LogP contribution in [0.4, 0.5) is 4.39 Å². The Kier molecular flexibility index (Phi) is 4.76. The fourth-order valence-electron chi connectivity index (χ4n) is 1.44. The standard InChI is InChI=1S/C12H18FN3/c1-3-16(4-2)12(14)15-9-10-7-5-6-8-11(10)13/h5-8H,3-4,9H2,1-2H3,(H2,14,15). The van der Waals surface area contributed by atoms with Crippen molar-refractivity contribution in [1.29, 1.82) is 0 Å². The third-order valence-electron chi connectivity index (χ3n) is 2.46. The number of hydrogen-bond acceptors (Lipinski definition) is 1. The zero-order valence-electron chi connectivity index (χ0n) is 9.78. The zero-order valence-corrected chi connectivity index (χ0v) is 9.78. The lowest BCUT2D eigenvalue weighted by Crippen LogP contribution is -2.37. The van der Waals surface area contributed by atoms with Crippen molar-refractivity contribution in [2.45, 2.75) is 20.4 Å². The van der Waals surface area contributed by atoms with Crippen LogP contribution in [0.5, 0.6) is 0 Å². The van der Waals surface area contributed by atoms with Crippen LogP contribution in [0.2, 0.25) is 0 Å². The van der Waals surface area contributed by atoms with E-state index in [0.29, 0.717) is 11.5 Å². The molecule has 0 amide bonds. The number of halogens is 1. The molecule has 2 N–H and O–H groups in total. The van der Waals surface area contributed by atoms with Crippen molar-refractivity contribution in [3.8, 4) is 0 Å². The second-order valence-corrected chi connectivity index (χ2v) is 3.44. The molecule has 0 spiro atoms. The predicted octanol–water partition coefficient (Wildman–Crippen LogP) is 1.98. The Balaban J connectivity index is 2.69. The van der Waals surface area contributed by atoms with E-state index < -0.39 is 0 Å². The van der Waals surface area contributed by atoms with Crippen molar-refractivity contribution in [1.82, 2.24) is 4.90 Å². The average Bonchev–Trinajstić information content (AvgIpc) is 2.29. The second-order valence-electron chi connectivity index (χ2n) is 3.44. The van der Waals surface area contributed by atoms with Gasteiger partial charge in [0.15, 0.2) is 5.96 Å². The number of benzene rings is 1. The quantitative estimate of drug-likeness (QED) is 0.626. The maximum absolute atomic E-state index is 13.3. The van der Waals surface area contributed by atoms with Gasteiger partial charge in [0.25, 0.3) is 0 Å². The Morgan fingerprint density at radius 3 is 2.50 bits per heavy atom. The molecule has 0 aliphatic rings. The summed E-state index contributed by atoms with van der Waals surface area (Å²) in [7, 11) is 0. The van der Waals surface area contributed by atoms with Crippen molar-refractivity contribution in [2.75, 3.05) is 13.1 Å². The molecular formula is C12H18FN3. The SMILES string of the molecule is CCN(CC)C(N)=NCc1ccccc1F. The number of rotatable bonds is 4. The molecule has 1 aromatic carbocycles. The van der Waals surface area contributed by atoms with Crippen LogP contribution in [0.25, 0.3) is 0 Å². The first-order valence-corrected chi connectivity index (χ1v) is 5.47. The first kappa shape index (κ1) is 12.5. The highest BCUT2D eigenvalue weighted by atomic mass is 19.1. The fraction of sp³-hybridized carbons (Fsp3) is 0.417. The second kappa shape index (κ2) is 6.10. The highest BCUT2D eigenvalue weighted by Crippen LogP contribution is 2.07. The van der Waals surface area contributed by atoms with Crippen LogP contribution >= 0.6 is 0 Å². The molecule has 88 valence electrons. The van der Waals surface area contributed by atoms with Crippen LogP contribution in [0.3, 0.4) is 0 Å². The first-order valence-electron chi connectivity index (χ1n) is 5.47. The van der Waals surface area contributed by atoms with Crippen LogP contribution in [-0.2, 0) is 6.54 Å². The van der Waals surface area contributed by atoms with E-state index >= 15 is 0 Å². The van der Waals surface area contributed by atoms with E-state index in [2.05, 4.69) is 4.99 Å². The average molecular weight is 223 g/mol. The Hall–Kier alpha value is -1.58. The number of guanidine groups is 1. The topological polar surface area (TPSA) is 41.6 Å². The van der Waals surface area contributed by atoms with Crippen LogP contribution < -0.4 is 5.73 Å². The van der Waals surface area contributed by atoms with Gasteiger partial charge in [0.05, 0.1) is 6.54 Å². The lowest BCUT2D eigenvalue weighted by molar-refractivity contribution is 0.458. The van der Waals surface area contributed by atoms with E-state index in [1.165, 1.54) is 6.07 Å². The molecule has 3 nitrogen and oxygen atoms in total. The third-order valence-corrected chi connectivity index (χ3v) is 2.46. The molecule has 0 atom stereocenters. The molecule has 16 heavy (non-hydrogen) atoms. The van der Waals surface area contributed by atoms with E-state index in [4.69, 9.17) is 5.73 Å². The summed E-state index contributed by atoms with van der Waals surface area (Å²) in [5.41, 5.74) is 6.36. The predicted molar refractivity (Wildman–Crippen MR) is 64.6 cm³/mol. The molecule has 0 unspecified atom stereocenters. The van der Waals surface area contributed by atoms with Gasteiger partial charge in [-0.05, 0) is 19.9 Å². The van der Waals surface area contributed by atoms with Gasteiger partial charge >= 0.3 is 0 Å². The molecule has 0 fully saturated rings. The molecule has 0 heterocycles. The number of aliphatic imine (C=N–C) groups is 1. The first-order chi connectivity index (χ1) is 7.69. The van der Waals surface area contributed by atoms with E-state index in [0.717, 1.165) is 13.1 Å². The Bertz CT molecular complexity index is 359. The summed E-state index contributed by atoms with van der Waals surface area (Å²) in [5.74, 6) is 0.229. The maximum Gasteiger partial charge on any atom is 0.191 e. The summed E-state index contributed by atoms with van der Waals surface area (Å²) in [6.45, 7) is 5.92. The highest BCUT2D eigenvalue weighted by Gasteiger charge is 2.03. The minimum absolute atomic E-state index is 0.237. The Morgan fingerprint density at radius 1 is 1.31 bits per heavy atom. The monoisotopic (exact) mass is 223 g/mol. The van der Waals surface area contributed by atoms with Crippen LogP contribution in [0.15, 0.2) is 29.3 Å². The van der Waals surface area contributed by atoms with Crippen LogP contribution in [0.1, 0.15) is 19.4 Å². The van der Waals surface area contributed by atoms with Gasteiger partial charge < -0.3 is 10.6 Å². The molecule has 0 radical (unpaired) electrons. The van der Waals surface area contributed by atoms with E-state index in [-0.39, 0.29) is 12.4 Å². The van der Waals surface area contributed by atoms with Gasteiger partial charge in [-0.2, -0.15) is 0 Å². The molecular weight excluding hydrogens is 205 g/mol. The van der Waals surface area contributed by atoms with Crippen molar-refractivity contribution in [2.24, 2.45) is 10.7 Å². The van der Waals surface area contributed by atoms with Gasteiger partial charge in [0.2, 0.25) is 0 Å². The van der Waals surface area contributed by atoms with Gasteiger partial charge in [-0.15, -0.1) is 0 Å². The Morgan fingerprint density at radius 2 is 1.94 bits per heavy atom. The summed E-state index contributed by atoms with van der Waals surface area (Å²) in [6.07, 6.45) is 0. The van der Waals surface area contributed by atoms with Gasteiger partial charge in [-0.3, -0.25) is 0 Å². The minimum atomic E-state index is -0.237. The molecule has 1 rings (SSSR count). The van der Waals surface area contributed by atoms with Gasteiger partial charge in [-0.25, -0.2) is 9.38 Å². The fourth-order valence-corrected chi connectivity index (χ4v) is 1.44. The van der Waals surface area contributed by atoms with Gasteiger partial charge in [0, 0.05) is 18.7 Å². The smallest absolute Gasteiger partial charge is 0.191 e. The third kappa shape index (κ3) is 3.22. The molecule has 0 aliphatic heterocycles. The molecule has 1 aromatic rings.